The molecule has 1 amide bonds. The molecule has 0 aromatic carbocycles. The molecule has 7 heteroatoms. The smallest absolute Gasteiger partial charge is 0.231 e. The Morgan fingerprint density at radius 1 is 1.56 bits per heavy atom. The minimum atomic E-state index is -0.188. The Morgan fingerprint density at radius 2 is 2.22 bits per heavy atom. The molecule has 0 aliphatic heterocycles. The third kappa shape index (κ3) is 3.67. The number of nitrogens with two attached hydrogens (primary N) is 1. The second-order valence-electron chi connectivity index (χ2n) is 4.70. The molecule has 1 aromatic heterocycles. The zero-order valence-corrected chi connectivity index (χ0v) is 11.5. The second kappa shape index (κ2) is 5.78. The monoisotopic (exact) mass is 267 g/mol. The largest absolute Gasteiger partial charge is 0.344 e. The zero-order valence-electron chi connectivity index (χ0n) is 10.7. The molecule has 1 aromatic rings. The third-order valence-corrected chi connectivity index (χ3v) is 3.00. The highest BCUT2D eigenvalue weighted by molar-refractivity contribution is 7.99. The van der Waals surface area contributed by atoms with Gasteiger partial charge in [0.25, 0.3) is 0 Å². The van der Waals surface area contributed by atoms with Crippen molar-refractivity contribution in [2.24, 2.45) is 0 Å². The summed E-state index contributed by atoms with van der Waals surface area (Å²) in [6.45, 7) is 6.21. The fraction of sp³-hybridized carbons (Fsp3) is 0.545. The Balaban J connectivity index is 2.62. The van der Waals surface area contributed by atoms with Gasteiger partial charge in [0.15, 0.2) is 5.82 Å². The van der Waals surface area contributed by atoms with E-state index < -0.39 is 0 Å². The number of hydrogen-bond donors (Lipinski definition) is 2. The van der Waals surface area contributed by atoms with Crippen LogP contribution in [0.4, 0.5) is 0 Å². The molecule has 3 N–H and O–H groups in total. The summed E-state index contributed by atoms with van der Waals surface area (Å²) in [6, 6.07) is 0. The molecular weight excluding hydrogens is 250 g/mol. The average molecular weight is 267 g/mol. The third-order valence-electron chi connectivity index (χ3n) is 2.06. The molecule has 18 heavy (non-hydrogen) atoms. The summed E-state index contributed by atoms with van der Waals surface area (Å²) in [6.07, 6.45) is 5.04. The van der Waals surface area contributed by atoms with Gasteiger partial charge in [0.05, 0.1) is 12.3 Å². The average Bonchev–Trinajstić information content (AvgIpc) is 2.64. The first-order chi connectivity index (χ1) is 8.36. The normalized spacial score (nSPS) is 11.0. The Hall–Kier alpha value is -1.68. The molecule has 0 saturated carbocycles. The molecule has 0 spiro atoms. The van der Waals surface area contributed by atoms with Crippen LogP contribution in [0.25, 0.3) is 0 Å². The van der Waals surface area contributed by atoms with Gasteiger partial charge in [-0.05, 0) is 0 Å². The second-order valence-corrected chi connectivity index (χ2v) is 5.64. The van der Waals surface area contributed by atoms with Crippen LogP contribution in [0.3, 0.4) is 0 Å². The Bertz CT molecular complexity index is 469. The van der Waals surface area contributed by atoms with Gasteiger partial charge in [0, 0.05) is 5.41 Å². The number of hydrogen-bond acceptors (Lipinski definition) is 5. The number of carbonyl (C=O) groups is 1. The van der Waals surface area contributed by atoms with Gasteiger partial charge >= 0.3 is 0 Å². The maximum atomic E-state index is 11.4. The van der Waals surface area contributed by atoms with Crippen molar-refractivity contribution < 1.29 is 4.79 Å². The SMILES string of the molecule is C#CCNC(=O)CSc1nnc(C(C)(C)C)n1N. The molecule has 0 aliphatic rings. The van der Waals surface area contributed by atoms with Crippen LogP contribution in [-0.4, -0.2) is 33.1 Å². The lowest BCUT2D eigenvalue weighted by Crippen LogP contribution is -2.26. The first kappa shape index (κ1) is 14.4. The van der Waals surface area contributed by atoms with E-state index >= 15 is 0 Å². The lowest BCUT2D eigenvalue weighted by molar-refractivity contribution is -0.118. The summed E-state index contributed by atoms with van der Waals surface area (Å²) in [5, 5.41) is 11.1. The number of terminal acetylenes is 1. The van der Waals surface area contributed by atoms with E-state index in [0.717, 1.165) is 0 Å². The molecule has 0 fully saturated rings. The number of thioether (sulfide) groups is 1. The van der Waals surface area contributed by atoms with Gasteiger partial charge in [-0.1, -0.05) is 38.5 Å². The standard InChI is InChI=1S/C11H17N5OS/c1-5-6-13-8(17)7-18-10-15-14-9(16(10)12)11(2,3)4/h1H,6-7,12H2,2-4H3,(H,13,17). The number of carbonyl (C=O) groups excluding carboxylic acids is 1. The number of nitrogens with one attached hydrogen (secondary N) is 1. The highest BCUT2D eigenvalue weighted by Crippen LogP contribution is 2.22. The predicted molar refractivity (Wildman–Crippen MR) is 71.4 cm³/mol. The van der Waals surface area contributed by atoms with Crippen molar-refractivity contribution in [3.05, 3.63) is 5.82 Å². The van der Waals surface area contributed by atoms with Crippen LogP contribution in [0.1, 0.15) is 26.6 Å². The quantitative estimate of drug-likeness (QED) is 0.460. The molecule has 0 bridgehead atoms. The summed E-state index contributed by atoms with van der Waals surface area (Å²) >= 11 is 1.23. The van der Waals surface area contributed by atoms with Gasteiger partial charge in [0.2, 0.25) is 11.1 Å². The molecule has 0 saturated heterocycles. The van der Waals surface area contributed by atoms with Crippen LogP contribution in [-0.2, 0) is 10.2 Å². The maximum Gasteiger partial charge on any atom is 0.231 e. The molecule has 0 radical (unpaired) electrons. The predicted octanol–water partition coefficient (Wildman–Crippen LogP) is 0.131. The van der Waals surface area contributed by atoms with Crippen LogP contribution in [0.15, 0.2) is 5.16 Å². The molecule has 1 rings (SSSR count). The van der Waals surface area contributed by atoms with Crippen LogP contribution in [0.2, 0.25) is 0 Å². The van der Waals surface area contributed by atoms with Crippen molar-refractivity contribution in [2.75, 3.05) is 18.1 Å². The Labute approximate surface area is 111 Å². The summed E-state index contributed by atoms with van der Waals surface area (Å²) in [7, 11) is 0. The molecule has 98 valence electrons. The highest BCUT2D eigenvalue weighted by atomic mass is 32.2. The van der Waals surface area contributed by atoms with Crippen molar-refractivity contribution in [3.8, 4) is 12.3 Å². The molecule has 0 aliphatic carbocycles. The van der Waals surface area contributed by atoms with E-state index in [1.165, 1.54) is 16.4 Å². The van der Waals surface area contributed by atoms with Crippen molar-refractivity contribution in [1.82, 2.24) is 20.2 Å². The molecule has 6 nitrogen and oxygen atoms in total. The minimum Gasteiger partial charge on any atom is -0.344 e. The molecule has 0 atom stereocenters. The maximum absolute atomic E-state index is 11.4. The van der Waals surface area contributed by atoms with Crippen molar-refractivity contribution in [2.45, 2.75) is 31.3 Å². The fourth-order valence-corrected chi connectivity index (χ4v) is 1.90. The molecular formula is C11H17N5OS. The van der Waals surface area contributed by atoms with Gasteiger partial charge in [-0.3, -0.25) is 4.79 Å². The van der Waals surface area contributed by atoms with Crippen LogP contribution < -0.4 is 11.2 Å². The van der Waals surface area contributed by atoms with Crippen molar-refractivity contribution in [1.29, 1.82) is 0 Å². The highest BCUT2D eigenvalue weighted by Gasteiger charge is 2.23. The number of amides is 1. The van der Waals surface area contributed by atoms with E-state index in [4.69, 9.17) is 12.3 Å². The van der Waals surface area contributed by atoms with Gasteiger partial charge in [-0.15, -0.1) is 16.6 Å². The first-order valence-corrected chi connectivity index (χ1v) is 6.38. The number of aromatic nitrogens is 3. The van der Waals surface area contributed by atoms with Gasteiger partial charge in [-0.25, -0.2) is 4.68 Å². The van der Waals surface area contributed by atoms with Gasteiger partial charge in [-0.2, -0.15) is 0 Å². The minimum absolute atomic E-state index is 0.154. The lowest BCUT2D eigenvalue weighted by atomic mass is 9.96. The summed E-state index contributed by atoms with van der Waals surface area (Å²) < 4.78 is 1.42. The first-order valence-electron chi connectivity index (χ1n) is 5.40. The van der Waals surface area contributed by atoms with E-state index in [9.17, 15) is 4.79 Å². The lowest BCUT2D eigenvalue weighted by Gasteiger charge is -2.16. The van der Waals surface area contributed by atoms with Crippen molar-refractivity contribution >= 4 is 17.7 Å². The molecule has 1 heterocycles. The van der Waals surface area contributed by atoms with E-state index in [1.54, 1.807) is 0 Å². The van der Waals surface area contributed by atoms with Crippen LogP contribution in [0, 0.1) is 12.3 Å². The topological polar surface area (TPSA) is 85.8 Å². The van der Waals surface area contributed by atoms with E-state index in [2.05, 4.69) is 21.4 Å². The Morgan fingerprint density at radius 3 is 2.72 bits per heavy atom. The van der Waals surface area contributed by atoms with E-state index in [1.807, 2.05) is 20.8 Å². The number of rotatable bonds is 4. The summed E-state index contributed by atoms with van der Waals surface area (Å²) in [5.74, 6) is 8.95. The summed E-state index contributed by atoms with van der Waals surface area (Å²) in [5.41, 5.74) is -0.188. The number of nitrogens with zero attached hydrogens (tertiary/aromatic N) is 3. The number of nitrogen functional groups attached to an aromatic ring is 1. The Kier molecular flexibility index (Phi) is 4.62. The van der Waals surface area contributed by atoms with Crippen LogP contribution >= 0.6 is 11.8 Å². The fourth-order valence-electron chi connectivity index (χ4n) is 1.22. The summed E-state index contributed by atoms with van der Waals surface area (Å²) in [4.78, 5) is 11.4. The van der Waals surface area contributed by atoms with Crippen LogP contribution in [0.5, 0.6) is 0 Å². The van der Waals surface area contributed by atoms with E-state index in [-0.39, 0.29) is 23.6 Å². The van der Waals surface area contributed by atoms with Crippen molar-refractivity contribution in [3.63, 3.8) is 0 Å². The zero-order chi connectivity index (χ0) is 13.8. The van der Waals surface area contributed by atoms with Gasteiger partial charge in [0.1, 0.15) is 0 Å². The van der Waals surface area contributed by atoms with Gasteiger partial charge < -0.3 is 11.2 Å². The van der Waals surface area contributed by atoms with E-state index in [0.29, 0.717) is 11.0 Å². The molecule has 0 unspecified atom stereocenters.